The van der Waals surface area contributed by atoms with Gasteiger partial charge in [0, 0.05) is 221 Å². The van der Waals surface area contributed by atoms with Crippen LogP contribution in [-0.4, -0.2) is 143 Å². The molecule has 15 aromatic rings. The van der Waals surface area contributed by atoms with E-state index >= 15 is 0 Å². The monoisotopic (exact) mass is 1650 g/mol. The molecular weight excluding hydrogens is 1540 g/mol. The van der Waals surface area contributed by atoms with Crippen molar-refractivity contribution in [2.45, 2.75) is 164 Å². The number of rotatable bonds is 22. The maximum absolute atomic E-state index is 12.3. The Balaban J connectivity index is 0.000000114. The van der Waals surface area contributed by atoms with Gasteiger partial charge in [-0.25, -0.2) is 0 Å². The van der Waals surface area contributed by atoms with Crippen LogP contribution >= 0.6 is 0 Å². The quantitative estimate of drug-likeness (QED) is 0.0365. The van der Waals surface area contributed by atoms with E-state index in [0.29, 0.717) is 31.2 Å². The Kier molecular flexibility index (Phi) is 24.7. The van der Waals surface area contributed by atoms with Crippen LogP contribution in [0.3, 0.4) is 0 Å². The van der Waals surface area contributed by atoms with Crippen molar-refractivity contribution < 1.29 is 24.4 Å². The zero-order valence-electron chi connectivity index (χ0n) is 72.7. The number of aryl methyl sites for hydroxylation is 10. The summed E-state index contributed by atoms with van der Waals surface area (Å²) in [5.74, 6) is 0.580. The van der Waals surface area contributed by atoms with Crippen molar-refractivity contribution in [1.82, 2.24) is 42.9 Å². The van der Waals surface area contributed by atoms with Crippen LogP contribution in [0.25, 0.3) is 120 Å². The Labute approximate surface area is 717 Å². The van der Waals surface area contributed by atoms with E-state index in [-0.39, 0.29) is 37.6 Å². The van der Waals surface area contributed by atoms with Crippen LogP contribution in [0.15, 0.2) is 171 Å². The number of non-ortho nitro benzene ring substituents is 3. The molecule has 3 N–H and O–H groups in total. The maximum atomic E-state index is 12.3. The number of nitrogens with two attached hydrogens (primary N) is 1. The van der Waals surface area contributed by atoms with Crippen LogP contribution in [0.5, 0.6) is 0 Å². The second-order valence-electron chi connectivity index (χ2n) is 34.4. The number of Topliss-reactive ketones (excluding diaryl/α,β-unsaturated/α-hetero) is 2. The van der Waals surface area contributed by atoms with Crippen molar-refractivity contribution in [3.63, 3.8) is 0 Å². The topological polar surface area (TPSA) is 236 Å². The van der Waals surface area contributed by atoms with Crippen molar-refractivity contribution in [1.29, 1.82) is 0 Å². The van der Waals surface area contributed by atoms with E-state index < -0.39 is 0 Å². The van der Waals surface area contributed by atoms with Gasteiger partial charge in [-0.05, 0) is 287 Å². The number of benzene rings is 10. The minimum atomic E-state index is -0.329. The zero-order valence-corrected chi connectivity index (χ0v) is 72.7. The summed E-state index contributed by atoms with van der Waals surface area (Å²) in [6.07, 6.45) is 13.0. The highest BCUT2D eigenvalue weighted by atomic mass is 16.6. The lowest BCUT2D eigenvalue weighted by Crippen LogP contribution is -2.26. The summed E-state index contributed by atoms with van der Waals surface area (Å²) in [6.45, 7) is 33.6. The molecule has 1 aliphatic heterocycles. The molecular formula is C102H113N13O8. The number of likely N-dealkylation sites (N-methyl/N-ethyl adjacent to an activating group) is 1. The molecule has 6 heterocycles. The number of likely N-dealkylation sites (tertiary alicyclic amines) is 1. The third-order valence-electron chi connectivity index (χ3n) is 26.6. The first kappa shape index (κ1) is 84.6. The first-order valence-electron chi connectivity index (χ1n) is 44.1. The van der Waals surface area contributed by atoms with Crippen molar-refractivity contribution >= 4 is 149 Å². The number of nitro benzene ring substituents is 3. The lowest BCUT2D eigenvalue weighted by Gasteiger charge is -2.20. The van der Waals surface area contributed by atoms with Gasteiger partial charge in [0.25, 0.3) is 17.1 Å². The van der Waals surface area contributed by atoms with E-state index in [1.54, 1.807) is 36.4 Å². The highest BCUT2D eigenvalue weighted by Crippen LogP contribution is 2.47. The largest absolute Gasteiger partial charge is 0.340 e. The number of nitro groups is 3. The number of ketones is 2. The second-order valence-corrected chi connectivity index (χ2v) is 34.4. The molecule has 1 atom stereocenters. The third-order valence-corrected chi connectivity index (χ3v) is 26.6. The predicted octanol–water partition coefficient (Wildman–Crippen LogP) is 21.5. The molecule has 1 saturated heterocycles. The van der Waals surface area contributed by atoms with Crippen molar-refractivity contribution in [3.8, 4) is 0 Å². The second kappa shape index (κ2) is 35.8. The molecule has 0 bridgehead atoms. The number of carbonyl (C=O) groups is 2. The SMILES string of the molecule is C=C1CCc2c1ccc1c2c2c3c(ccc2n1CCN)C(=O)CC3.C=C1CCc2c1ccc1c2c2c3c(ccc2n1CCNCC)C(=O)CC3.CCN(CC)CCCn1c2ccc(C)cc2c2cc([N+](=O)[O-])ccc21.Cc1ccc2c(c1)c1cc([N+](=O)[O-])ccc1n2CCC1CCCN1C.Cc1ccc2c(c1)c1cc([N+](=O)[O-])ccc1n2CCCN(C)C. The first-order valence-corrected chi connectivity index (χ1v) is 44.1. The Hall–Kier alpha value is -12.0. The Bertz CT molecular complexity index is 6600. The molecule has 10 aromatic carbocycles. The predicted molar refractivity (Wildman–Crippen MR) is 505 cm³/mol. The number of hydrogen-bond acceptors (Lipinski definition) is 13. The summed E-state index contributed by atoms with van der Waals surface area (Å²) in [5.41, 5.74) is 33.9. The summed E-state index contributed by atoms with van der Waals surface area (Å²) in [6, 6.07) is 52.6. The van der Waals surface area contributed by atoms with Gasteiger partial charge >= 0.3 is 0 Å². The van der Waals surface area contributed by atoms with Crippen LogP contribution in [0.1, 0.15) is 149 Å². The molecule has 123 heavy (non-hydrogen) atoms. The molecule has 21 heteroatoms. The van der Waals surface area contributed by atoms with Gasteiger partial charge in [-0.2, -0.15) is 0 Å². The summed E-state index contributed by atoms with van der Waals surface area (Å²) in [4.78, 5) is 64.1. The average Bonchev–Trinajstić information content (AvgIpc) is 1.57. The summed E-state index contributed by atoms with van der Waals surface area (Å²) < 4.78 is 11.7. The average molecular weight is 1650 g/mol. The number of nitrogens with one attached hydrogen (secondary N) is 1. The van der Waals surface area contributed by atoms with E-state index in [9.17, 15) is 39.9 Å². The zero-order chi connectivity index (χ0) is 86.3. The smallest absolute Gasteiger partial charge is 0.270 e. The normalized spacial score (nSPS) is 14.9. The minimum absolute atomic E-state index is 0.145. The summed E-state index contributed by atoms with van der Waals surface area (Å²) in [5, 5.41) is 48.4. The number of aromatic nitrogens is 5. The van der Waals surface area contributed by atoms with Crippen molar-refractivity contribution in [2.75, 3.05) is 73.5 Å². The van der Waals surface area contributed by atoms with E-state index in [1.807, 2.05) is 31.2 Å². The molecule has 0 amide bonds. The molecule has 1 fully saturated rings. The third kappa shape index (κ3) is 16.3. The molecule has 5 aliphatic rings. The van der Waals surface area contributed by atoms with Gasteiger partial charge < -0.3 is 48.6 Å². The van der Waals surface area contributed by atoms with Gasteiger partial charge in [0.15, 0.2) is 11.6 Å². The lowest BCUT2D eigenvalue weighted by atomic mass is 9.97. The van der Waals surface area contributed by atoms with E-state index in [1.165, 1.54) is 124 Å². The number of fused-ring (bicyclic) bond motifs is 23. The van der Waals surface area contributed by atoms with Gasteiger partial charge in [-0.1, -0.05) is 81.0 Å². The van der Waals surface area contributed by atoms with Crippen LogP contribution in [0, 0.1) is 51.1 Å². The Morgan fingerprint density at radius 3 is 1.14 bits per heavy atom. The Morgan fingerprint density at radius 2 is 0.772 bits per heavy atom. The molecule has 0 saturated carbocycles. The lowest BCUT2D eigenvalue weighted by molar-refractivity contribution is -0.384. The highest BCUT2D eigenvalue weighted by Gasteiger charge is 2.32. The molecule has 634 valence electrons. The molecule has 20 rings (SSSR count). The van der Waals surface area contributed by atoms with Crippen LogP contribution in [0.4, 0.5) is 17.1 Å². The van der Waals surface area contributed by atoms with Crippen LogP contribution < -0.4 is 11.1 Å². The Morgan fingerprint density at radius 1 is 0.431 bits per heavy atom. The fourth-order valence-electron chi connectivity index (χ4n) is 20.4. The van der Waals surface area contributed by atoms with Gasteiger partial charge in [-0.15, -0.1) is 0 Å². The fourth-order valence-corrected chi connectivity index (χ4v) is 20.4. The summed E-state index contributed by atoms with van der Waals surface area (Å²) >= 11 is 0. The highest BCUT2D eigenvalue weighted by molar-refractivity contribution is 6.19. The maximum Gasteiger partial charge on any atom is 0.270 e. The molecule has 0 radical (unpaired) electrons. The van der Waals surface area contributed by atoms with Gasteiger partial charge in [0.2, 0.25) is 0 Å². The van der Waals surface area contributed by atoms with Crippen LogP contribution in [-0.2, 0) is 58.4 Å². The van der Waals surface area contributed by atoms with Gasteiger partial charge in [0.05, 0.1) is 14.8 Å². The fraction of sp³-hybridized carbons (Fsp3) is 0.353. The molecule has 1 unspecified atom stereocenters. The molecule has 21 nitrogen and oxygen atoms in total. The van der Waals surface area contributed by atoms with E-state index in [0.717, 1.165) is 206 Å². The molecule has 4 aliphatic carbocycles. The van der Waals surface area contributed by atoms with Crippen molar-refractivity contribution in [3.05, 3.63) is 262 Å². The minimum Gasteiger partial charge on any atom is -0.340 e. The molecule has 0 spiro atoms. The van der Waals surface area contributed by atoms with Crippen molar-refractivity contribution in [2.24, 2.45) is 5.73 Å². The van der Waals surface area contributed by atoms with E-state index in [2.05, 4.69) is 209 Å². The van der Waals surface area contributed by atoms with Gasteiger partial charge in [-0.3, -0.25) is 39.9 Å². The molecule has 5 aromatic heterocycles. The standard InChI is InChI=1S/C23H24N2O.C21H20N2O.C20H23N3O2.C20H25N3O2.C18H21N3O2/c1-3-24-12-13-25-19-9-6-15-14(2)4-5-17(15)22(19)23-18-8-11-21(26)16(18)7-10-20(23)25;1-12-2-3-15-13(12)4-7-17-20(15)21-16-6-9-19(24)14(16)5-8-18(21)23(17)11-10-22;1-14-5-7-19-17(12-14)18-13-16(23(24)25)6-8-20(18)22(19)11-9-15-4-3-10-21(15)2;1-4-21(5-2)11-6-12-22-19-9-7-15(3)13-17(19)18-14-16(23(24)25)8-10-20(18)22;1-13-5-7-17-15(11-13)16-12-14(21(22)23)6-8-18(16)20(17)10-4-9-19(2)3/h6-7,9-10,24H,2-5,8,11-13H2,1H3;4-5,7-8H,1-3,6,9-11,22H2;5-8,12-13,15H,3-4,9-11H2,1-2H3;7-10,13-14H,4-6,11-12H2,1-3H3;5-8,11-12H,4,9-10H2,1-3H3. The number of nitrogens with zero attached hydrogens (tertiary/aromatic N) is 11. The van der Waals surface area contributed by atoms with Crippen LogP contribution in [0.2, 0.25) is 0 Å². The number of hydrogen-bond donors (Lipinski definition) is 2. The first-order chi connectivity index (χ1) is 59.5. The number of carbonyl (C=O) groups excluding carboxylic acids is 2. The van der Waals surface area contributed by atoms with E-state index in [4.69, 9.17) is 5.73 Å². The number of allylic oxidation sites excluding steroid dienone is 2. The van der Waals surface area contributed by atoms with Gasteiger partial charge in [0.1, 0.15) is 0 Å². The summed E-state index contributed by atoms with van der Waals surface area (Å²) in [7, 11) is 6.34.